The van der Waals surface area contributed by atoms with Gasteiger partial charge in [-0.2, -0.15) is 0 Å². The zero-order valence-corrected chi connectivity index (χ0v) is 13.3. The lowest BCUT2D eigenvalue weighted by Crippen LogP contribution is -1.91. The molecule has 0 saturated carbocycles. The van der Waals surface area contributed by atoms with Gasteiger partial charge in [0.2, 0.25) is 5.78 Å². The van der Waals surface area contributed by atoms with Gasteiger partial charge in [-0.25, -0.2) is 9.97 Å². The molecule has 2 aromatic heterocycles. The van der Waals surface area contributed by atoms with Gasteiger partial charge in [0.25, 0.3) is 0 Å². The predicted molar refractivity (Wildman–Crippen MR) is 87.6 cm³/mol. The van der Waals surface area contributed by atoms with Crippen molar-refractivity contribution in [3.63, 3.8) is 0 Å². The van der Waals surface area contributed by atoms with E-state index in [1.54, 1.807) is 0 Å². The summed E-state index contributed by atoms with van der Waals surface area (Å²) in [7, 11) is 3.75. The number of aryl methyl sites for hydroxylation is 3. The van der Waals surface area contributed by atoms with Gasteiger partial charge in [0.15, 0.2) is 0 Å². The Morgan fingerprint density at radius 3 is 2.19 bits per heavy atom. The van der Waals surface area contributed by atoms with Crippen LogP contribution in [0.15, 0.2) is 36.7 Å². The fourth-order valence-electron chi connectivity index (χ4n) is 2.13. The van der Waals surface area contributed by atoms with Crippen LogP contribution in [0.4, 0.5) is 0 Å². The Morgan fingerprint density at radius 2 is 1.57 bits per heavy atom. The zero-order chi connectivity index (χ0) is 15.4. The average molecular weight is 282 g/mol. The number of nitrogens with zero attached hydrogens (tertiary/aromatic N) is 3. The van der Waals surface area contributed by atoms with Crippen molar-refractivity contribution in [2.24, 2.45) is 0 Å². The van der Waals surface area contributed by atoms with Crippen molar-refractivity contribution in [2.45, 2.75) is 20.8 Å². The topological polar surface area (TPSA) is 42.2 Å². The van der Waals surface area contributed by atoms with Crippen LogP contribution in [0.25, 0.3) is 17.0 Å². The van der Waals surface area contributed by atoms with Crippen LogP contribution in [-0.4, -0.2) is 28.5 Å². The van der Waals surface area contributed by atoms with Crippen molar-refractivity contribution < 1.29 is 0 Å². The van der Waals surface area contributed by atoms with E-state index in [1.165, 1.54) is 5.56 Å². The maximum absolute atomic E-state index is 4.61. The van der Waals surface area contributed by atoms with Gasteiger partial charge in [0.05, 0.1) is 5.69 Å². The van der Waals surface area contributed by atoms with Gasteiger partial charge in [-0.1, -0.05) is 29.8 Å². The van der Waals surface area contributed by atoms with E-state index in [4.69, 9.17) is 0 Å². The Balaban J connectivity index is 0.000000497. The van der Waals surface area contributed by atoms with Gasteiger partial charge in [-0.3, -0.25) is 4.40 Å². The third-order valence-corrected chi connectivity index (χ3v) is 3.17. The quantitative estimate of drug-likeness (QED) is 0.745. The summed E-state index contributed by atoms with van der Waals surface area (Å²) in [5.41, 5.74) is 5.67. The molecule has 0 radical (unpaired) electrons. The molecule has 0 bridgehead atoms. The summed E-state index contributed by atoms with van der Waals surface area (Å²) in [5, 5.41) is 2.75. The minimum absolute atomic E-state index is 0.758. The molecule has 4 heteroatoms. The smallest absolute Gasteiger partial charge is 0.234 e. The van der Waals surface area contributed by atoms with Gasteiger partial charge in [-0.15, -0.1) is 0 Å². The second-order valence-electron chi connectivity index (χ2n) is 5.21. The van der Waals surface area contributed by atoms with Crippen LogP contribution >= 0.6 is 0 Å². The molecular formula is C17H22N4. The molecule has 3 rings (SSSR count). The molecule has 0 fully saturated rings. The number of fused-ring (bicyclic) bond motifs is 1. The van der Waals surface area contributed by atoms with Crippen molar-refractivity contribution >= 4 is 5.78 Å². The Morgan fingerprint density at radius 1 is 0.952 bits per heavy atom. The molecule has 3 aromatic rings. The van der Waals surface area contributed by atoms with Gasteiger partial charge < -0.3 is 5.32 Å². The Labute approximate surface area is 125 Å². The lowest BCUT2D eigenvalue weighted by molar-refractivity contribution is 1.02. The summed E-state index contributed by atoms with van der Waals surface area (Å²) in [5.74, 6) is 0.758. The van der Waals surface area contributed by atoms with Crippen LogP contribution in [0.1, 0.15) is 16.8 Å². The van der Waals surface area contributed by atoms with Crippen LogP contribution in [0, 0.1) is 20.8 Å². The van der Waals surface area contributed by atoms with Crippen molar-refractivity contribution in [1.29, 1.82) is 0 Å². The number of benzene rings is 1. The number of imidazole rings is 1. The molecule has 1 aromatic carbocycles. The lowest BCUT2D eigenvalue weighted by atomic mass is 10.1. The fourth-order valence-corrected chi connectivity index (χ4v) is 2.13. The third-order valence-electron chi connectivity index (χ3n) is 3.17. The number of aromatic nitrogens is 3. The van der Waals surface area contributed by atoms with E-state index in [9.17, 15) is 0 Å². The molecule has 2 heterocycles. The first-order valence-corrected chi connectivity index (χ1v) is 7.03. The molecular weight excluding hydrogens is 260 g/mol. The summed E-state index contributed by atoms with van der Waals surface area (Å²) in [4.78, 5) is 8.96. The Hall–Kier alpha value is -2.20. The number of hydrogen-bond donors (Lipinski definition) is 1. The van der Waals surface area contributed by atoms with Gasteiger partial charge in [0, 0.05) is 23.7 Å². The Bertz CT molecular complexity index is 726. The van der Waals surface area contributed by atoms with E-state index in [2.05, 4.69) is 59.6 Å². The highest BCUT2D eigenvalue weighted by Crippen LogP contribution is 2.23. The van der Waals surface area contributed by atoms with Gasteiger partial charge in [-0.05, 0) is 40.4 Å². The molecule has 0 aliphatic rings. The van der Waals surface area contributed by atoms with E-state index < -0.39 is 0 Å². The summed E-state index contributed by atoms with van der Waals surface area (Å²) in [6, 6.07) is 8.43. The molecule has 1 N–H and O–H groups in total. The molecule has 0 saturated heterocycles. The van der Waals surface area contributed by atoms with E-state index in [1.807, 2.05) is 31.6 Å². The standard InChI is InChI=1S/C15H15N3.C2H7N/c1-10-4-6-13(7-5-10)14-12(3)18-9-11(2)8-16-15(18)17-14;1-3-2/h4-9H,1-3H3;3H,1-2H3. The largest absolute Gasteiger partial charge is 0.323 e. The molecule has 0 aliphatic carbocycles. The van der Waals surface area contributed by atoms with Crippen LogP contribution in [0.5, 0.6) is 0 Å². The van der Waals surface area contributed by atoms with E-state index in [0.717, 1.165) is 28.3 Å². The van der Waals surface area contributed by atoms with Crippen molar-refractivity contribution in [1.82, 2.24) is 19.7 Å². The number of hydrogen-bond acceptors (Lipinski definition) is 3. The van der Waals surface area contributed by atoms with Crippen molar-refractivity contribution in [3.8, 4) is 11.3 Å². The normalized spacial score (nSPS) is 10.3. The van der Waals surface area contributed by atoms with Crippen LogP contribution in [0.2, 0.25) is 0 Å². The van der Waals surface area contributed by atoms with E-state index >= 15 is 0 Å². The minimum atomic E-state index is 0.758. The maximum Gasteiger partial charge on any atom is 0.234 e. The molecule has 0 spiro atoms. The van der Waals surface area contributed by atoms with Crippen molar-refractivity contribution in [3.05, 3.63) is 53.5 Å². The molecule has 0 aliphatic heterocycles. The van der Waals surface area contributed by atoms with E-state index in [0.29, 0.717) is 0 Å². The summed E-state index contributed by atoms with van der Waals surface area (Å²) in [6.45, 7) is 6.21. The third kappa shape index (κ3) is 3.28. The fraction of sp³-hybridized carbons (Fsp3) is 0.294. The molecule has 4 nitrogen and oxygen atoms in total. The van der Waals surface area contributed by atoms with Gasteiger partial charge in [0.1, 0.15) is 0 Å². The average Bonchev–Trinajstić information content (AvgIpc) is 2.78. The van der Waals surface area contributed by atoms with Gasteiger partial charge >= 0.3 is 0 Å². The Kier molecular flexibility index (Phi) is 4.70. The molecule has 21 heavy (non-hydrogen) atoms. The maximum atomic E-state index is 4.61. The highest BCUT2D eigenvalue weighted by Gasteiger charge is 2.10. The second-order valence-corrected chi connectivity index (χ2v) is 5.21. The summed E-state index contributed by atoms with van der Waals surface area (Å²) in [6.07, 6.45) is 3.92. The first kappa shape index (κ1) is 15.2. The molecule has 0 unspecified atom stereocenters. The number of rotatable bonds is 1. The summed E-state index contributed by atoms with van der Waals surface area (Å²) >= 11 is 0. The first-order valence-electron chi connectivity index (χ1n) is 7.03. The molecule has 110 valence electrons. The van der Waals surface area contributed by atoms with Crippen molar-refractivity contribution in [2.75, 3.05) is 14.1 Å². The zero-order valence-electron chi connectivity index (χ0n) is 13.3. The highest BCUT2D eigenvalue weighted by atomic mass is 15.1. The van der Waals surface area contributed by atoms with Crippen LogP contribution in [0.3, 0.4) is 0 Å². The monoisotopic (exact) mass is 282 g/mol. The van der Waals surface area contributed by atoms with Crippen LogP contribution < -0.4 is 5.32 Å². The lowest BCUT2D eigenvalue weighted by Gasteiger charge is -2.00. The molecule has 0 amide bonds. The van der Waals surface area contributed by atoms with E-state index in [-0.39, 0.29) is 0 Å². The summed E-state index contributed by atoms with van der Waals surface area (Å²) < 4.78 is 2.05. The predicted octanol–water partition coefficient (Wildman–Crippen LogP) is 3.16. The second kappa shape index (κ2) is 6.50. The highest BCUT2D eigenvalue weighted by molar-refractivity contribution is 5.65. The first-order chi connectivity index (χ1) is 10.1. The SMILES string of the molecule is CNC.Cc1ccc(-c2nc3ncc(C)cn3c2C)cc1. The molecule has 0 atom stereocenters. The number of nitrogens with one attached hydrogen (secondary N) is 1. The van der Waals surface area contributed by atoms with Crippen LogP contribution in [-0.2, 0) is 0 Å². The minimum Gasteiger partial charge on any atom is -0.323 e.